The quantitative estimate of drug-likeness (QED) is 0.794. The maximum absolute atomic E-state index is 11.6. The average molecular weight is 226 g/mol. The number of amides is 1. The molecule has 0 saturated heterocycles. The van der Waals surface area contributed by atoms with Crippen molar-refractivity contribution in [2.45, 2.75) is 45.6 Å². The Morgan fingerprint density at radius 3 is 2.69 bits per heavy atom. The molecule has 3 atom stereocenters. The molecule has 1 aliphatic carbocycles. The van der Waals surface area contributed by atoms with E-state index in [1.165, 1.54) is 25.7 Å². The first-order valence-electron chi connectivity index (χ1n) is 6.45. The van der Waals surface area contributed by atoms with Crippen LogP contribution in [0.3, 0.4) is 0 Å². The smallest absolute Gasteiger partial charge is 0.238 e. The van der Waals surface area contributed by atoms with Gasteiger partial charge in [0, 0.05) is 14.1 Å². The van der Waals surface area contributed by atoms with Gasteiger partial charge in [0.05, 0.1) is 6.04 Å². The maximum Gasteiger partial charge on any atom is 0.238 e. The van der Waals surface area contributed by atoms with Gasteiger partial charge in [0.15, 0.2) is 0 Å². The lowest BCUT2D eigenvalue weighted by Crippen LogP contribution is -2.43. The van der Waals surface area contributed by atoms with Gasteiger partial charge in [-0.3, -0.25) is 4.79 Å². The van der Waals surface area contributed by atoms with E-state index in [1.54, 1.807) is 4.90 Å². The monoisotopic (exact) mass is 226 g/mol. The average Bonchev–Trinajstić information content (AvgIpc) is 2.24. The predicted molar refractivity (Wildman–Crippen MR) is 67.3 cm³/mol. The van der Waals surface area contributed by atoms with Crippen molar-refractivity contribution in [2.24, 2.45) is 11.8 Å². The Hall–Kier alpha value is -0.570. The summed E-state index contributed by atoms with van der Waals surface area (Å²) in [5, 5.41) is 3.36. The first-order valence-corrected chi connectivity index (χ1v) is 6.45. The van der Waals surface area contributed by atoms with Crippen molar-refractivity contribution in [3.63, 3.8) is 0 Å². The van der Waals surface area contributed by atoms with Gasteiger partial charge in [0.2, 0.25) is 5.91 Å². The molecule has 0 radical (unpaired) electrons. The van der Waals surface area contributed by atoms with Crippen LogP contribution in [0, 0.1) is 11.8 Å². The Labute approximate surface area is 99.6 Å². The molecule has 1 rings (SSSR count). The predicted octanol–water partition coefficient (Wildman–Crippen LogP) is 1.88. The molecule has 16 heavy (non-hydrogen) atoms. The maximum atomic E-state index is 11.6. The van der Waals surface area contributed by atoms with E-state index in [2.05, 4.69) is 12.2 Å². The molecule has 0 bridgehead atoms. The summed E-state index contributed by atoms with van der Waals surface area (Å²) in [4.78, 5) is 13.3. The number of hydrogen-bond donors (Lipinski definition) is 1. The second-order valence-corrected chi connectivity index (χ2v) is 5.50. The third-order valence-corrected chi connectivity index (χ3v) is 3.57. The molecule has 0 aliphatic heterocycles. The SMILES string of the molecule is CC1CCCC(CNC(C)C(=O)N(C)C)C1. The fraction of sp³-hybridized carbons (Fsp3) is 0.923. The molecule has 3 unspecified atom stereocenters. The standard InChI is InChI=1S/C13H26N2O/c1-10-6-5-7-12(8-10)9-14-11(2)13(16)15(3)4/h10-12,14H,5-9H2,1-4H3. The van der Waals surface area contributed by atoms with Crippen molar-refractivity contribution >= 4 is 5.91 Å². The van der Waals surface area contributed by atoms with Crippen molar-refractivity contribution in [1.82, 2.24) is 10.2 Å². The summed E-state index contributed by atoms with van der Waals surface area (Å²) in [5.41, 5.74) is 0. The van der Waals surface area contributed by atoms with E-state index in [1.807, 2.05) is 21.0 Å². The summed E-state index contributed by atoms with van der Waals surface area (Å²) in [6.07, 6.45) is 5.36. The summed E-state index contributed by atoms with van der Waals surface area (Å²) in [6.45, 7) is 5.28. The lowest BCUT2D eigenvalue weighted by molar-refractivity contribution is -0.130. The van der Waals surface area contributed by atoms with Crippen molar-refractivity contribution < 1.29 is 4.79 Å². The highest BCUT2D eigenvalue weighted by Gasteiger charge is 2.21. The zero-order valence-electron chi connectivity index (χ0n) is 11.1. The van der Waals surface area contributed by atoms with Gasteiger partial charge in [0.25, 0.3) is 0 Å². The molecule has 1 aliphatic rings. The van der Waals surface area contributed by atoms with Crippen LogP contribution in [0.5, 0.6) is 0 Å². The molecule has 1 N–H and O–H groups in total. The Morgan fingerprint density at radius 2 is 2.12 bits per heavy atom. The van der Waals surface area contributed by atoms with Gasteiger partial charge in [-0.2, -0.15) is 0 Å². The Morgan fingerprint density at radius 1 is 1.44 bits per heavy atom. The van der Waals surface area contributed by atoms with E-state index in [-0.39, 0.29) is 11.9 Å². The second kappa shape index (κ2) is 6.24. The van der Waals surface area contributed by atoms with Crippen LogP contribution in [0.4, 0.5) is 0 Å². The number of nitrogens with one attached hydrogen (secondary N) is 1. The van der Waals surface area contributed by atoms with E-state index >= 15 is 0 Å². The molecule has 1 amide bonds. The van der Waals surface area contributed by atoms with Gasteiger partial charge < -0.3 is 10.2 Å². The summed E-state index contributed by atoms with van der Waals surface area (Å²) < 4.78 is 0. The molecule has 3 heteroatoms. The Balaban J connectivity index is 2.25. The van der Waals surface area contributed by atoms with Gasteiger partial charge >= 0.3 is 0 Å². The van der Waals surface area contributed by atoms with E-state index in [9.17, 15) is 4.79 Å². The lowest BCUT2D eigenvalue weighted by Gasteiger charge is -2.28. The summed E-state index contributed by atoms with van der Waals surface area (Å²) in [7, 11) is 3.62. The Kier molecular flexibility index (Phi) is 5.26. The highest BCUT2D eigenvalue weighted by Crippen LogP contribution is 2.27. The van der Waals surface area contributed by atoms with Crippen molar-refractivity contribution in [3.8, 4) is 0 Å². The molecule has 0 heterocycles. The minimum atomic E-state index is -0.0489. The van der Waals surface area contributed by atoms with Crippen LogP contribution in [-0.4, -0.2) is 37.5 Å². The number of carbonyl (C=O) groups excluding carboxylic acids is 1. The van der Waals surface area contributed by atoms with Gasteiger partial charge in [-0.1, -0.05) is 19.8 Å². The molecule has 0 aromatic carbocycles. The fourth-order valence-electron chi connectivity index (χ4n) is 2.56. The van der Waals surface area contributed by atoms with E-state index in [0.717, 1.165) is 18.4 Å². The number of likely N-dealkylation sites (N-methyl/N-ethyl adjacent to an activating group) is 1. The molecule has 1 saturated carbocycles. The normalized spacial score (nSPS) is 27.5. The van der Waals surface area contributed by atoms with Crippen LogP contribution in [0.25, 0.3) is 0 Å². The van der Waals surface area contributed by atoms with Crippen molar-refractivity contribution in [3.05, 3.63) is 0 Å². The van der Waals surface area contributed by atoms with Gasteiger partial charge in [-0.05, 0) is 38.1 Å². The van der Waals surface area contributed by atoms with Crippen LogP contribution in [0.15, 0.2) is 0 Å². The van der Waals surface area contributed by atoms with Gasteiger partial charge in [-0.25, -0.2) is 0 Å². The van der Waals surface area contributed by atoms with E-state index in [0.29, 0.717) is 0 Å². The molecule has 0 spiro atoms. The largest absolute Gasteiger partial charge is 0.347 e. The molecule has 0 aromatic heterocycles. The van der Waals surface area contributed by atoms with E-state index in [4.69, 9.17) is 0 Å². The molecule has 1 fully saturated rings. The van der Waals surface area contributed by atoms with Crippen LogP contribution in [0.2, 0.25) is 0 Å². The van der Waals surface area contributed by atoms with Gasteiger partial charge in [-0.15, -0.1) is 0 Å². The van der Waals surface area contributed by atoms with Crippen LogP contribution >= 0.6 is 0 Å². The number of carbonyl (C=O) groups is 1. The number of nitrogens with zero attached hydrogens (tertiary/aromatic N) is 1. The zero-order valence-corrected chi connectivity index (χ0v) is 11.1. The number of rotatable bonds is 4. The van der Waals surface area contributed by atoms with Crippen molar-refractivity contribution in [1.29, 1.82) is 0 Å². The topological polar surface area (TPSA) is 32.3 Å². The van der Waals surface area contributed by atoms with Crippen LogP contribution < -0.4 is 5.32 Å². The molecular formula is C13H26N2O. The molecular weight excluding hydrogens is 200 g/mol. The minimum absolute atomic E-state index is 0.0489. The minimum Gasteiger partial charge on any atom is -0.347 e. The van der Waals surface area contributed by atoms with Crippen molar-refractivity contribution in [2.75, 3.05) is 20.6 Å². The van der Waals surface area contributed by atoms with Gasteiger partial charge in [0.1, 0.15) is 0 Å². The lowest BCUT2D eigenvalue weighted by atomic mass is 9.82. The molecule has 0 aromatic rings. The van der Waals surface area contributed by atoms with Crippen LogP contribution in [-0.2, 0) is 4.79 Å². The van der Waals surface area contributed by atoms with E-state index < -0.39 is 0 Å². The third kappa shape index (κ3) is 4.12. The Bertz CT molecular complexity index is 228. The number of hydrogen-bond acceptors (Lipinski definition) is 2. The van der Waals surface area contributed by atoms with Crippen LogP contribution in [0.1, 0.15) is 39.5 Å². The summed E-state index contributed by atoms with van der Waals surface area (Å²) >= 11 is 0. The highest BCUT2D eigenvalue weighted by molar-refractivity contribution is 5.80. The third-order valence-electron chi connectivity index (χ3n) is 3.57. The first-order chi connectivity index (χ1) is 7.50. The zero-order chi connectivity index (χ0) is 12.1. The summed E-state index contributed by atoms with van der Waals surface area (Å²) in [5.74, 6) is 1.80. The molecule has 3 nitrogen and oxygen atoms in total. The molecule has 94 valence electrons. The highest BCUT2D eigenvalue weighted by atomic mass is 16.2. The first kappa shape index (κ1) is 13.5. The summed E-state index contributed by atoms with van der Waals surface area (Å²) in [6, 6.07) is -0.0489. The fourth-order valence-corrected chi connectivity index (χ4v) is 2.56. The second-order valence-electron chi connectivity index (χ2n) is 5.50.